The lowest BCUT2D eigenvalue weighted by molar-refractivity contribution is -0.150. The number of esters is 2. The van der Waals surface area contributed by atoms with Crippen molar-refractivity contribution >= 4 is 11.9 Å². The van der Waals surface area contributed by atoms with Crippen molar-refractivity contribution in [2.75, 3.05) is 13.2 Å². The Bertz CT molecular complexity index is 377. The van der Waals surface area contributed by atoms with Crippen molar-refractivity contribution in [3.8, 4) is 0 Å². The number of hydrogen-bond donors (Lipinski definition) is 0. The molecule has 0 heterocycles. The maximum absolute atomic E-state index is 11.6. The normalized spacial score (nSPS) is 11.0. The van der Waals surface area contributed by atoms with E-state index in [1.54, 1.807) is 0 Å². The lowest BCUT2D eigenvalue weighted by atomic mass is 10.1. The summed E-state index contributed by atoms with van der Waals surface area (Å²) in [4.78, 5) is 23.2. The number of ether oxygens (including phenoxy) is 2. The van der Waals surface area contributed by atoms with E-state index in [4.69, 9.17) is 9.47 Å². The van der Waals surface area contributed by atoms with E-state index < -0.39 is 0 Å². The molecule has 0 spiro atoms. The van der Waals surface area contributed by atoms with Crippen LogP contribution in [0.3, 0.4) is 0 Å². The second-order valence-corrected chi connectivity index (χ2v) is 7.17. The predicted molar refractivity (Wildman–Crippen MR) is 112 cm³/mol. The molecule has 4 heteroatoms. The molecule has 4 nitrogen and oxygen atoms in total. The molecule has 0 fully saturated rings. The molecule has 0 aliphatic heterocycles. The van der Waals surface area contributed by atoms with Gasteiger partial charge in [0.05, 0.1) is 26.1 Å². The molecule has 0 rings (SSSR count). The Labute approximate surface area is 167 Å². The van der Waals surface area contributed by atoms with Gasteiger partial charge < -0.3 is 9.47 Å². The van der Waals surface area contributed by atoms with Gasteiger partial charge in [-0.15, -0.1) is 0 Å². The van der Waals surface area contributed by atoms with E-state index in [-0.39, 0.29) is 24.8 Å². The molecule has 27 heavy (non-hydrogen) atoms. The Kier molecular flexibility index (Phi) is 20.0. The van der Waals surface area contributed by atoms with Crippen LogP contribution in [0.2, 0.25) is 0 Å². The summed E-state index contributed by atoms with van der Waals surface area (Å²) < 4.78 is 10.3. The maximum Gasteiger partial charge on any atom is 0.306 e. The third-order valence-corrected chi connectivity index (χ3v) is 4.46. The summed E-state index contributed by atoms with van der Waals surface area (Å²) in [7, 11) is 0. The minimum atomic E-state index is -0.310. The Balaban J connectivity index is 3.39. The van der Waals surface area contributed by atoms with E-state index >= 15 is 0 Å². The number of allylic oxidation sites excluding steroid dienone is 2. The van der Waals surface area contributed by atoms with Crippen LogP contribution in [0.5, 0.6) is 0 Å². The van der Waals surface area contributed by atoms with Crippen LogP contribution < -0.4 is 0 Å². The molecule has 0 saturated carbocycles. The number of unbranched alkanes of at least 4 members (excludes halogenated alkanes) is 10. The van der Waals surface area contributed by atoms with Gasteiger partial charge in [0.1, 0.15) is 0 Å². The van der Waals surface area contributed by atoms with Crippen LogP contribution in [0.4, 0.5) is 0 Å². The topological polar surface area (TPSA) is 52.6 Å². The summed E-state index contributed by atoms with van der Waals surface area (Å²) in [6, 6.07) is 0. The van der Waals surface area contributed by atoms with Crippen molar-refractivity contribution in [1.29, 1.82) is 0 Å². The molecule has 158 valence electrons. The molecule has 0 aromatic rings. The van der Waals surface area contributed by atoms with Crippen LogP contribution in [-0.4, -0.2) is 25.2 Å². The molecule has 0 aliphatic rings. The summed E-state index contributed by atoms with van der Waals surface area (Å²) in [6.45, 7) is 5.30. The third-order valence-electron chi connectivity index (χ3n) is 4.46. The molecule has 0 aliphatic carbocycles. The molecule has 0 saturated heterocycles. The second kappa shape index (κ2) is 21.0. The van der Waals surface area contributed by atoms with E-state index in [9.17, 15) is 9.59 Å². The van der Waals surface area contributed by atoms with Gasteiger partial charge in [0.15, 0.2) is 0 Å². The Morgan fingerprint density at radius 1 is 0.593 bits per heavy atom. The van der Waals surface area contributed by atoms with Crippen LogP contribution in [0.1, 0.15) is 110 Å². The van der Waals surface area contributed by atoms with Crippen LogP contribution in [0, 0.1) is 0 Å². The van der Waals surface area contributed by atoms with Crippen molar-refractivity contribution < 1.29 is 19.1 Å². The first-order valence-electron chi connectivity index (χ1n) is 11.2. The molecular weight excluding hydrogens is 340 g/mol. The summed E-state index contributed by atoms with van der Waals surface area (Å²) >= 11 is 0. The van der Waals surface area contributed by atoms with E-state index in [2.05, 4.69) is 26.0 Å². The van der Waals surface area contributed by atoms with Crippen molar-refractivity contribution in [2.24, 2.45) is 0 Å². The maximum atomic E-state index is 11.6. The number of hydrogen-bond acceptors (Lipinski definition) is 4. The first-order valence-corrected chi connectivity index (χ1v) is 11.2. The van der Waals surface area contributed by atoms with E-state index in [0.29, 0.717) is 13.2 Å². The van der Waals surface area contributed by atoms with Crippen molar-refractivity contribution in [3.05, 3.63) is 12.2 Å². The minimum Gasteiger partial charge on any atom is -0.466 e. The zero-order valence-corrected chi connectivity index (χ0v) is 17.8. The molecule has 0 N–H and O–H groups in total. The van der Waals surface area contributed by atoms with E-state index in [1.807, 2.05) is 0 Å². The molecule has 0 atom stereocenters. The van der Waals surface area contributed by atoms with Gasteiger partial charge >= 0.3 is 11.9 Å². The Morgan fingerprint density at radius 3 is 1.63 bits per heavy atom. The highest BCUT2D eigenvalue weighted by Crippen LogP contribution is 2.07. The first kappa shape index (κ1) is 25.7. The summed E-state index contributed by atoms with van der Waals surface area (Å²) in [6.07, 6.45) is 19.6. The largest absolute Gasteiger partial charge is 0.466 e. The van der Waals surface area contributed by atoms with Gasteiger partial charge in [0, 0.05) is 0 Å². The SMILES string of the molecule is CCCCC/C=C/CCCOC(=O)CCC(=O)OCCCCCCCCC. The zero-order chi connectivity index (χ0) is 20.0. The standard InChI is InChI=1S/C23H42O4/c1-3-5-7-9-11-13-15-17-21-27-23(25)19-18-22(24)26-20-16-14-12-10-8-6-4-2/h11,13H,3-10,12,14-21H2,1-2H3/b13-11+. The summed E-state index contributed by atoms with van der Waals surface area (Å²) in [5, 5.41) is 0. The molecule has 0 amide bonds. The van der Waals surface area contributed by atoms with Gasteiger partial charge in [0.2, 0.25) is 0 Å². The van der Waals surface area contributed by atoms with E-state index in [1.165, 1.54) is 51.4 Å². The van der Waals surface area contributed by atoms with Gasteiger partial charge in [-0.1, -0.05) is 77.4 Å². The van der Waals surface area contributed by atoms with Crippen LogP contribution >= 0.6 is 0 Å². The van der Waals surface area contributed by atoms with Gasteiger partial charge in [-0.3, -0.25) is 9.59 Å². The summed E-state index contributed by atoms with van der Waals surface area (Å²) in [5.74, 6) is -0.609. The average molecular weight is 383 g/mol. The number of carbonyl (C=O) groups is 2. The van der Waals surface area contributed by atoms with Crippen molar-refractivity contribution in [3.63, 3.8) is 0 Å². The van der Waals surface area contributed by atoms with Crippen LogP contribution in [0.25, 0.3) is 0 Å². The van der Waals surface area contributed by atoms with Crippen molar-refractivity contribution in [1.82, 2.24) is 0 Å². The first-order chi connectivity index (χ1) is 13.2. The molecule has 0 unspecified atom stereocenters. The molecule has 0 radical (unpaired) electrons. The monoisotopic (exact) mass is 382 g/mol. The zero-order valence-electron chi connectivity index (χ0n) is 17.8. The molecule has 0 aromatic heterocycles. The summed E-state index contributed by atoms with van der Waals surface area (Å²) in [5.41, 5.74) is 0. The quantitative estimate of drug-likeness (QED) is 0.145. The van der Waals surface area contributed by atoms with Gasteiger partial charge in [-0.05, 0) is 32.1 Å². The fourth-order valence-electron chi connectivity index (χ4n) is 2.73. The predicted octanol–water partition coefficient (Wildman–Crippen LogP) is 6.52. The van der Waals surface area contributed by atoms with Gasteiger partial charge in [-0.2, -0.15) is 0 Å². The lowest BCUT2D eigenvalue weighted by Gasteiger charge is -2.06. The fourth-order valence-corrected chi connectivity index (χ4v) is 2.73. The fraction of sp³-hybridized carbons (Fsp3) is 0.826. The highest BCUT2D eigenvalue weighted by atomic mass is 16.5. The third kappa shape index (κ3) is 20.8. The Morgan fingerprint density at radius 2 is 1.04 bits per heavy atom. The van der Waals surface area contributed by atoms with E-state index in [0.717, 1.165) is 32.1 Å². The van der Waals surface area contributed by atoms with Gasteiger partial charge in [0.25, 0.3) is 0 Å². The highest BCUT2D eigenvalue weighted by molar-refractivity contribution is 5.77. The molecule has 0 bridgehead atoms. The van der Waals surface area contributed by atoms with Crippen LogP contribution in [-0.2, 0) is 19.1 Å². The highest BCUT2D eigenvalue weighted by Gasteiger charge is 2.08. The average Bonchev–Trinajstić information content (AvgIpc) is 2.67. The number of rotatable bonds is 19. The minimum absolute atomic E-state index is 0.114. The van der Waals surface area contributed by atoms with Gasteiger partial charge in [-0.25, -0.2) is 0 Å². The molecular formula is C23H42O4. The molecule has 0 aromatic carbocycles. The Hall–Kier alpha value is -1.32. The second-order valence-electron chi connectivity index (χ2n) is 7.17. The van der Waals surface area contributed by atoms with Crippen LogP contribution in [0.15, 0.2) is 12.2 Å². The lowest BCUT2D eigenvalue weighted by Crippen LogP contribution is -2.11. The number of carbonyl (C=O) groups excluding carboxylic acids is 2. The van der Waals surface area contributed by atoms with Crippen molar-refractivity contribution in [2.45, 2.75) is 110 Å². The smallest absolute Gasteiger partial charge is 0.306 e.